The molecule has 0 heterocycles. The summed E-state index contributed by atoms with van der Waals surface area (Å²) < 4.78 is 57.4. The molecule has 4 rings (SSSR count). The molecule has 4 aromatic rings. The van der Waals surface area contributed by atoms with E-state index in [2.05, 4.69) is 30.7 Å². The van der Waals surface area contributed by atoms with Crippen LogP contribution in [0.1, 0.15) is 21.5 Å². The maximum absolute atomic E-state index is 13.1. The second kappa shape index (κ2) is 11.0. The van der Waals surface area contributed by atoms with E-state index in [-0.39, 0.29) is 15.4 Å². The van der Waals surface area contributed by atoms with Gasteiger partial charge in [-0.2, -0.15) is 0 Å². The minimum Gasteiger partial charge on any atom is -0.322 e. The van der Waals surface area contributed by atoms with E-state index in [4.69, 9.17) is 0 Å². The minimum atomic E-state index is -3.95. The van der Waals surface area contributed by atoms with Crippen molar-refractivity contribution in [2.24, 2.45) is 0 Å². The van der Waals surface area contributed by atoms with Gasteiger partial charge in [0.1, 0.15) is 0 Å². The van der Waals surface area contributed by atoms with Gasteiger partial charge in [-0.3, -0.25) is 14.2 Å². The molecule has 3 N–H and O–H groups in total. The highest BCUT2D eigenvalue weighted by Crippen LogP contribution is 2.24. The molecule has 0 radical (unpaired) electrons. The van der Waals surface area contributed by atoms with E-state index in [1.165, 1.54) is 36.4 Å². The van der Waals surface area contributed by atoms with Crippen molar-refractivity contribution in [3.8, 4) is 0 Å². The Balaban J connectivity index is 1.50. The van der Waals surface area contributed by atoms with Crippen LogP contribution in [0.15, 0.2) is 105 Å². The van der Waals surface area contributed by atoms with Gasteiger partial charge in [0.25, 0.3) is 26.0 Å². The van der Waals surface area contributed by atoms with Crippen molar-refractivity contribution in [2.75, 3.05) is 14.8 Å². The topological polar surface area (TPSA) is 121 Å². The van der Waals surface area contributed by atoms with E-state index in [1.54, 1.807) is 62.4 Å². The molecule has 0 aromatic heterocycles. The molecule has 0 aliphatic heterocycles. The number of sulfonamides is 2. The van der Waals surface area contributed by atoms with Crippen LogP contribution in [-0.4, -0.2) is 22.7 Å². The minimum absolute atomic E-state index is 0.0180. The first kappa shape index (κ1) is 27.4. The van der Waals surface area contributed by atoms with Gasteiger partial charge in [-0.1, -0.05) is 40.2 Å². The number of carbonyl (C=O) groups excluding carboxylic acids is 1. The van der Waals surface area contributed by atoms with Crippen LogP contribution in [0.4, 0.5) is 17.1 Å². The van der Waals surface area contributed by atoms with Crippen LogP contribution < -0.4 is 14.8 Å². The van der Waals surface area contributed by atoms with Gasteiger partial charge in [0, 0.05) is 21.4 Å². The molecule has 8 nitrogen and oxygen atoms in total. The summed E-state index contributed by atoms with van der Waals surface area (Å²) in [4.78, 5) is 12.9. The fraction of sp³-hybridized carbons (Fsp3) is 0.0741. The Bertz CT molecular complexity index is 1700. The summed E-state index contributed by atoms with van der Waals surface area (Å²) in [5.74, 6) is -0.541. The van der Waals surface area contributed by atoms with Crippen LogP contribution in [-0.2, 0) is 20.0 Å². The summed E-state index contributed by atoms with van der Waals surface area (Å²) in [6.07, 6.45) is 0. The molecular weight excluding hydrogens is 590 g/mol. The van der Waals surface area contributed by atoms with Crippen molar-refractivity contribution in [3.05, 3.63) is 112 Å². The number of benzene rings is 4. The van der Waals surface area contributed by atoms with Crippen LogP contribution in [0.5, 0.6) is 0 Å². The molecule has 0 atom stereocenters. The predicted molar refractivity (Wildman–Crippen MR) is 153 cm³/mol. The van der Waals surface area contributed by atoms with Crippen LogP contribution in [0.25, 0.3) is 0 Å². The van der Waals surface area contributed by atoms with Crippen molar-refractivity contribution in [2.45, 2.75) is 23.6 Å². The third kappa shape index (κ3) is 6.42. The third-order valence-corrected chi connectivity index (χ3v) is 9.08. The fourth-order valence-corrected chi connectivity index (χ4v) is 6.30. The first-order chi connectivity index (χ1) is 17.9. The van der Waals surface area contributed by atoms with E-state index in [0.29, 0.717) is 22.6 Å². The number of hydrogen-bond donors (Lipinski definition) is 3. The Morgan fingerprint density at radius 2 is 1.32 bits per heavy atom. The van der Waals surface area contributed by atoms with Crippen molar-refractivity contribution in [1.29, 1.82) is 0 Å². The van der Waals surface area contributed by atoms with E-state index < -0.39 is 26.0 Å². The molecule has 0 bridgehead atoms. The summed E-state index contributed by atoms with van der Waals surface area (Å²) in [6.45, 7) is 3.44. The van der Waals surface area contributed by atoms with Crippen LogP contribution >= 0.6 is 15.9 Å². The monoisotopic (exact) mass is 613 g/mol. The lowest BCUT2D eigenvalue weighted by Gasteiger charge is -2.14. The molecule has 0 spiro atoms. The number of amides is 1. The lowest BCUT2D eigenvalue weighted by molar-refractivity contribution is 0.102. The van der Waals surface area contributed by atoms with E-state index >= 15 is 0 Å². The quantitative estimate of drug-likeness (QED) is 0.228. The van der Waals surface area contributed by atoms with Gasteiger partial charge in [-0.05, 0) is 91.7 Å². The largest absolute Gasteiger partial charge is 0.322 e. The maximum Gasteiger partial charge on any atom is 0.262 e. The zero-order valence-electron chi connectivity index (χ0n) is 20.4. The van der Waals surface area contributed by atoms with Gasteiger partial charge in [0.15, 0.2) is 0 Å². The fourth-order valence-electron chi connectivity index (χ4n) is 3.57. The Labute approximate surface area is 230 Å². The van der Waals surface area contributed by atoms with Gasteiger partial charge < -0.3 is 5.32 Å². The summed E-state index contributed by atoms with van der Waals surface area (Å²) in [7, 11) is -7.78. The van der Waals surface area contributed by atoms with Gasteiger partial charge in [0.05, 0.1) is 15.5 Å². The molecule has 4 aromatic carbocycles. The van der Waals surface area contributed by atoms with E-state index in [0.717, 1.165) is 10.0 Å². The number of anilines is 3. The molecule has 1 amide bonds. The lowest BCUT2D eigenvalue weighted by Crippen LogP contribution is -2.17. The molecular formula is C27H24BrN3O5S2. The van der Waals surface area contributed by atoms with Crippen molar-refractivity contribution < 1.29 is 21.6 Å². The molecule has 0 saturated heterocycles. The molecule has 38 heavy (non-hydrogen) atoms. The summed E-state index contributed by atoms with van der Waals surface area (Å²) in [6, 6.07) is 23.7. The van der Waals surface area contributed by atoms with Crippen molar-refractivity contribution in [3.63, 3.8) is 0 Å². The highest BCUT2D eigenvalue weighted by atomic mass is 79.9. The number of nitrogens with one attached hydrogen (secondary N) is 3. The standard InChI is InChI=1S/C27H24BrN3O5S2/c1-18-5-3-4-6-25(18)31-38(35,36)26-17-20(8-7-19(26)2)27(32)29-22-13-15-24(16-14-22)37(33,34)30-23-11-9-21(28)10-12-23/h3-17,30-31H,1-2H3,(H,29,32). The Morgan fingerprint density at radius 1 is 0.684 bits per heavy atom. The molecule has 0 aliphatic rings. The van der Waals surface area contributed by atoms with Crippen LogP contribution in [0.3, 0.4) is 0 Å². The van der Waals surface area contributed by atoms with E-state index in [1.807, 2.05) is 6.07 Å². The first-order valence-electron chi connectivity index (χ1n) is 11.3. The second-order valence-electron chi connectivity index (χ2n) is 8.49. The number of aryl methyl sites for hydroxylation is 2. The van der Waals surface area contributed by atoms with Gasteiger partial charge in [-0.15, -0.1) is 0 Å². The van der Waals surface area contributed by atoms with Gasteiger partial charge in [0.2, 0.25) is 0 Å². The Hall–Kier alpha value is -3.67. The number of carbonyl (C=O) groups is 1. The Morgan fingerprint density at radius 3 is 1.97 bits per heavy atom. The zero-order chi connectivity index (χ0) is 27.5. The molecule has 0 saturated carbocycles. The summed E-state index contributed by atoms with van der Waals surface area (Å²) in [5, 5.41) is 2.68. The lowest BCUT2D eigenvalue weighted by atomic mass is 10.1. The summed E-state index contributed by atoms with van der Waals surface area (Å²) >= 11 is 3.30. The van der Waals surface area contributed by atoms with Crippen LogP contribution in [0, 0.1) is 13.8 Å². The Kier molecular flexibility index (Phi) is 7.91. The normalized spacial score (nSPS) is 11.6. The van der Waals surface area contributed by atoms with Crippen LogP contribution in [0.2, 0.25) is 0 Å². The number of hydrogen-bond acceptors (Lipinski definition) is 5. The summed E-state index contributed by atoms with van der Waals surface area (Å²) in [5.41, 5.74) is 2.59. The number of para-hydroxylation sites is 1. The SMILES string of the molecule is Cc1ccccc1NS(=O)(=O)c1cc(C(=O)Nc2ccc(S(=O)(=O)Nc3ccc(Br)cc3)cc2)ccc1C. The third-order valence-electron chi connectivity index (χ3n) is 5.65. The number of rotatable bonds is 8. The predicted octanol–water partition coefficient (Wildman–Crippen LogP) is 5.92. The molecule has 196 valence electrons. The second-order valence-corrected chi connectivity index (χ2v) is 12.7. The molecule has 0 unspecified atom stereocenters. The molecule has 0 fully saturated rings. The molecule has 11 heteroatoms. The van der Waals surface area contributed by atoms with Crippen molar-refractivity contribution >= 4 is 58.9 Å². The average molecular weight is 615 g/mol. The number of halogens is 1. The van der Waals surface area contributed by atoms with Gasteiger partial charge >= 0.3 is 0 Å². The highest BCUT2D eigenvalue weighted by Gasteiger charge is 2.20. The highest BCUT2D eigenvalue weighted by molar-refractivity contribution is 9.10. The zero-order valence-corrected chi connectivity index (χ0v) is 23.6. The smallest absolute Gasteiger partial charge is 0.262 e. The average Bonchev–Trinajstić information content (AvgIpc) is 2.87. The molecule has 0 aliphatic carbocycles. The van der Waals surface area contributed by atoms with E-state index in [9.17, 15) is 21.6 Å². The first-order valence-corrected chi connectivity index (χ1v) is 15.1. The maximum atomic E-state index is 13.1. The van der Waals surface area contributed by atoms with Crippen molar-refractivity contribution in [1.82, 2.24) is 0 Å². The van der Waals surface area contributed by atoms with Gasteiger partial charge in [-0.25, -0.2) is 16.8 Å².